The molecule has 0 saturated heterocycles. The molecular formula is C17H11NO2S2. The fraction of sp³-hybridized carbons (Fsp3) is 0. The van der Waals surface area contributed by atoms with Crippen molar-refractivity contribution in [1.82, 2.24) is 4.98 Å². The van der Waals surface area contributed by atoms with Crippen LogP contribution in [-0.4, -0.2) is 16.6 Å². The number of nitrogens with zero attached hydrogens (tertiary/aromatic N) is 1. The minimum atomic E-state index is -0.545. The van der Waals surface area contributed by atoms with Crippen LogP contribution in [0.15, 0.2) is 59.3 Å². The average Bonchev–Trinajstić information content (AvgIpc) is 3.23. The van der Waals surface area contributed by atoms with Gasteiger partial charge in [-0.05, 0) is 23.6 Å². The minimum Gasteiger partial charge on any atom is -0.286 e. The number of carbonyl (C=O) groups is 2. The first-order valence-corrected chi connectivity index (χ1v) is 8.31. The fourth-order valence-corrected chi connectivity index (χ4v) is 3.45. The first kappa shape index (κ1) is 14.6. The second kappa shape index (κ2) is 6.60. The largest absolute Gasteiger partial charge is 0.286 e. The molecule has 0 spiro atoms. The third-order valence-electron chi connectivity index (χ3n) is 2.92. The Labute approximate surface area is 135 Å². The molecule has 0 fully saturated rings. The Morgan fingerprint density at radius 3 is 2.55 bits per heavy atom. The van der Waals surface area contributed by atoms with Gasteiger partial charge >= 0.3 is 0 Å². The summed E-state index contributed by atoms with van der Waals surface area (Å²) in [6.45, 7) is 0. The Hall–Kier alpha value is -2.37. The van der Waals surface area contributed by atoms with Crippen molar-refractivity contribution in [1.29, 1.82) is 0 Å². The van der Waals surface area contributed by atoms with Crippen molar-refractivity contribution in [2.45, 2.75) is 0 Å². The quantitative estimate of drug-likeness (QED) is 0.398. The lowest BCUT2D eigenvalue weighted by Gasteiger charge is -1.95. The van der Waals surface area contributed by atoms with Crippen molar-refractivity contribution in [2.75, 3.05) is 0 Å². The van der Waals surface area contributed by atoms with Gasteiger partial charge in [-0.3, -0.25) is 9.59 Å². The van der Waals surface area contributed by atoms with Gasteiger partial charge in [0, 0.05) is 10.9 Å². The second-order valence-electron chi connectivity index (χ2n) is 4.45. The van der Waals surface area contributed by atoms with E-state index in [2.05, 4.69) is 4.98 Å². The number of thiophene rings is 1. The second-order valence-corrected chi connectivity index (χ2v) is 6.25. The Balaban J connectivity index is 1.72. The van der Waals surface area contributed by atoms with Crippen molar-refractivity contribution in [3.63, 3.8) is 0 Å². The molecule has 0 radical (unpaired) electrons. The first-order chi connectivity index (χ1) is 10.7. The van der Waals surface area contributed by atoms with Gasteiger partial charge in [0.25, 0.3) is 0 Å². The molecule has 108 valence electrons. The van der Waals surface area contributed by atoms with Crippen LogP contribution in [0.3, 0.4) is 0 Å². The third-order valence-corrected chi connectivity index (χ3v) is 4.82. The van der Waals surface area contributed by atoms with Gasteiger partial charge in [-0.1, -0.05) is 36.4 Å². The number of benzene rings is 1. The van der Waals surface area contributed by atoms with E-state index in [1.165, 1.54) is 17.4 Å². The van der Waals surface area contributed by atoms with E-state index in [1.807, 2.05) is 22.9 Å². The molecule has 1 aromatic carbocycles. The summed E-state index contributed by atoms with van der Waals surface area (Å²) in [5.41, 5.74) is 1.08. The summed E-state index contributed by atoms with van der Waals surface area (Å²) in [7, 11) is 0. The fourth-order valence-electron chi connectivity index (χ4n) is 1.84. The summed E-state index contributed by atoms with van der Waals surface area (Å²) in [4.78, 5) is 29.4. The standard InChI is InChI=1S/C17H11NO2S2/c19-14(16(20)12-5-2-1-3-6-12)9-8-13-11-22-17(18-13)15-7-4-10-21-15/h1-11H/b9-8-. The highest BCUT2D eigenvalue weighted by Gasteiger charge is 2.12. The lowest BCUT2D eigenvalue weighted by atomic mass is 10.1. The molecule has 0 unspecified atom stereocenters. The number of rotatable bonds is 5. The first-order valence-electron chi connectivity index (χ1n) is 6.55. The van der Waals surface area contributed by atoms with E-state index in [1.54, 1.807) is 47.7 Å². The van der Waals surface area contributed by atoms with Crippen molar-refractivity contribution in [3.05, 3.63) is 70.6 Å². The van der Waals surface area contributed by atoms with Crippen LogP contribution in [0.25, 0.3) is 16.0 Å². The van der Waals surface area contributed by atoms with E-state index < -0.39 is 11.6 Å². The van der Waals surface area contributed by atoms with Crippen LogP contribution in [0, 0.1) is 0 Å². The van der Waals surface area contributed by atoms with Crippen LogP contribution in [0.2, 0.25) is 0 Å². The van der Waals surface area contributed by atoms with Gasteiger partial charge in [0.1, 0.15) is 5.01 Å². The SMILES string of the molecule is O=C(/C=C\c1csc(-c2cccs2)n1)C(=O)c1ccccc1. The number of carbonyl (C=O) groups excluding carboxylic acids is 2. The summed E-state index contributed by atoms with van der Waals surface area (Å²) in [6, 6.07) is 12.5. The zero-order valence-electron chi connectivity index (χ0n) is 11.4. The summed E-state index contributed by atoms with van der Waals surface area (Å²) < 4.78 is 0. The number of hydrogen-bond donors (Lipinski definition) is 0. The molecule has 22 heavy (non-hydrogen) atoms. The monoisotopic (exact) mass is 325 g/mol. The minimum absolute atomic E-state index is 0.398. The maximum absolute atomic E-state index is 11.9. The molecular weight excluding hydrogens is 314 g/mol. The van der Waals surface area contributed by atoms with Crippen LogP contribution in [0.5, 0.6) is 0 Å². The Morgan fingerprint density at radius 2 is 1.82 bits per heavy atom. The van der Waals surface area contributed by atoms with Gasteiger partial charge in [0.15, 0.2) is 0 Å². The van der Waals surface area contributed by atoms with Crippen molar-refractivity contribution < 1.29 is 9.59 Å². The molecule has 0 N–H and O–H groups in total. The van der Waals surface area contributed by atoms with E-state index in [0.29, 0.717) is 11.3 Å². The van der Waals surface area contributed by atoms with Gasteiger partial charge in [0.05, 0.1) is 10.6 Å². The number of allylic oxidation sites excluding steroid dienone is 1. The number of ketones is 2. The highest BCUT2D eigenvalue weighted by Crippen LogP contribution is 2.28. The molecule has 0 aliphatic heterocycles. The lowest BCUT2D eigenvalue weighted by molar-refractivity contribution is -0.110. The summed E-state index contributed by atoms with van der Waals surface area (Å²) in [5.74, 6) is -1.05. The molecule has 0 saturated carbocycles. The molecule has 3 aromatic rings. The normalized spacial score (nSPS) is 10.9. The predicted molar refractivity (Wildman–Crippen MR) is 90.2 cm³/mol. The molecule has 3 rings (SSSR count). The van der Waals surface area contributed by atoms with Gasteiger partial charge < -0.3 is 0 Å². The topological polar surface area (TPSA) is 47.0 Å². The van der Waals surface area contributed by atoms with Crippen molar-refractivity contribution >= 4 is 40.3 Å². The van der Waals surface area contributed by atoms with Gasteiger partial charge in [0.2, 0.25) is 11.6 Å². The maximum Gasteiger partial charge on any atom is 0.232 e. The molecule has 2 heterocycles. The third kappa shape index (κ3) is 3.27. The molecule has 0 atom stereocenters. The van der Waals surface area contributed by atoms with E-state index in [0.717, 1.165) is 9.88 Å². The molecule has 3 nitrogen and oxygen atoms in total. The molecule has 0 aliphatic rings. The molecule has 0 bridgehead atoms. The van der Waals surface area contributed by atoms with Gasteiger partial charge in [-0.2, -0.15) is 0 Å². The van der Waals surface area contributed by atoms with E-state index >= 15 is 0 Å². The zero-order chi connectivity index (χ0) is 15.4. The summed E-state index contributed by atoms with van der Waals surface area (Å²) >= 11 is 3.13. The van der Waals surface area contributed by atoms with Crippen molar-refractivity contribution in [3.8, 4) is 9.88 Å². The smallest absolute Gasteiger partial charge is 0.232 e. The predicted octanol–water partition coefficient (Wildman–Crippen LogP) is 4.34. The van der Waals surface area contributed by atoms with Crippen LogP contribution in [0.4, 0.5) is 0 Å². The highest BCUT2D eigenvalue weighted by atomic mass is 32.1. The van der Waals surface area contributed by atoms with Crippen LogP contribution >= 0.6 is 22.7 Å². The number of hydrogen-bond acceptors (Lipinski definition) is 5. The van der Waals surface area contributed by atoms with Gasteiger partial charge in [-0.15, -0.1) is 22.7 Å². The number of Topliss-reactive ketones (excluding diaryl/α,β-unsaturated/α-hetero) is 1. The lowest BCUT2D eigenvalue weighted by Crippen LogP contribution is -2.10. The Morgan fingerprint density at radius 1 is 1.00 bits per heavy atom. The zero-order valence-corrected chi connectivity index (χ0v) is 13.1. The molecule has 5 heteroatoms. The summed E-state index contributed by atoms with van der Waals surface area (Å²) in [6.07, 6.45) is 2.86. The molecule has 0 amide bonds. The average molecular weight is 325 g/mol. The van der Waals surface area contributed by atoms with Gasteiger partial charge in [-0.25, -0.2) is 4.98 Å². The Bertz CT molecular complexity index is 817. The Kier molecular flexibility index (Phi) is 4.37. The van der Waals surface area contributed by atoms with Crippen LogP contribution in [-0.2, 0) is 4.79 Å². The number of thiazole rings is 1. The highest BCUT2D eigenvalue weighted by molar-refractivity contribution is 7.20. The van der Waals surface area contributed by atoms with E-state index in [9.17, 15) is 9.59 Å². The molecule has 2 aromatic heterocycles. The van der Waals surface area contributed by atoms with E-state index in [-0.39, 0.29) is 0 Å². The van der Waals surface area contributed by atoms with Crippen LogP contribution < -0.4 is 0 Å². The molecule has 0 aliphatic carbocycles. The van der Waals surface area contributed by atoms with E-state index in [4.69, 9.17) is 0 Å². The maximum atomic E-state index is 11.9. The van der Waals surface area contributed by atoms with Crippen LogP contribution in [0.1, 0.15) is 16.1 Å². The summed E-state index contributed by atoms with van der Waals surface area (Å²) in [5, 5.41) is 4.77. The van der Waals surface area contributed by atoms with Crippen molar-refractivity contribution in [2.24, 2.45) is 0 Å². The number of aromatic nitrogens is 1.